The molecule has 0 saturated heterocycles. The van der Waals surface area contributed by atoms with Crippen molar-refractivity contribution in [1.29, 1.82) is 0 Å². The number of aliphatic hydroxyl groups excluding tert-OH is 1. The summed E-state index contributed by atoms with van der Waals surface area (Å²) in [5.74, 6) is 0. The molecule has 0 bridgehead atoms. The summed E-state index contributed by atoms with van der Waals surface area (Å²) in [5.41, 5.74) is 2.57. The molecule has 0 heterocycles. The van der Waals surface area contributed by atoms with Gasteiger partial charge in [0.25, 0.3) is 0 Å². The van der Waals surface area contributed by atoms with Crippen LogP contribution in [0.15, 0.2) is 53.4 Å². The molecule has 0 fully saturated rings. The van der Waals surface area contributed by atoms with Gasteiger partial charge >= 0.3 is 6.03 Å². The third kappa shape index (κ3) is 5.50. The molecule has 1 unspecified atom stereocenters. The molecule has 0 radical (unpaired) electrons. The zero-order valence-electron chi connectivity index (χ0n) is 12.9. The van der Waals surface area contributed by atoms with Crippen LogP contribution in [-0.2, 0) is 23.8 Å². The van der Waals surface area contributed by atoms with Crippen molar-refractivity contribution >= 4 is 22.5 Å². The molecule has 0 spiro atoms. The second kappa shape index (κ2) is 8.45. The molecule has 2 aromatic carbocycles. The summed E-state index contributed by atoms with van der Waals surface area (Å²) in [5, 5.41) is 14.5. The molecule has 2 amide bonds. The van der Waals surface area contributed by atoms with E-state index in [2.05, 4.69) is 10.6 Å². The zero-order valence-corrected chi connectivity index (χ0v) is 13.7. The number of aliphatic hydroxyl groups is 1. The lowest BCUT2D eigenvalue weighted by Crippen LogP contribution is -2.30. The average molecular weight is 332 g/mol. The Morgan fingerprint density at radius 2 is 1.83 bits per heavy atom. The maximum absolute atomic E-state index is 11.9. The maximum atomic E-state index is 11.9. The number of carbonyl (C=O) groups is 1. The summed E-state index contributed by atoms with van der Waals surface area (Å²) >= 11 is 0. The predicted octanol–water partition coefficient (Wildman–Crippen LogP) is 2.28. The van der Waals surface area contributed by atoms with Gasteiger partial charge in [0.2, 0.25) is 0 Å². The fourth-order valence-electron chi connectivity index (χ4n) is 2.06. The number of nitrogens with one attached hydrogen (secondary N) is 2. The van der Waals surface area contributed by atoms with Crippen molar-refractivity contribution in [2.75, 3.05) is 18.1 Å². The third-order valence-electron chi connectivity index (χ3n) is 3.33. The number of hydrogen-bond donors (Lipinski definition) is 3. The minimum Gasteiger partial charge on any atom is -0.392 e. The molecule has 0 saturated carbocycles. The Kier molecular flexibility index (Phi) is 6.31. The van der Waals surface area contributed by atoms with Crippen LogP contribution >= 0.6 is 0 Å². The molecule has 3 N–H and O–H groups in total. The van der Waals surface area contributed by atoms with E-state index >= 15 is 0 Å². The Balaban J connectivity index is 1.80. The van der Waals surface area contributed by atoms with Gasteiger partial charge in [-0.2, -0.15) is 0 Å². The van der Waals surface area contributed by atoms with E-state index in [1.54, 1.807) is 30.5 Å². The molecular weight excluding hydrogens is 312 g/mol. The van der Waals surface area contributed by atoms with Crippen molar-refractivity contribution in [1.82, 2.24) is 5.32 Å². The lowest BCUT2D eigenvalue weighted by molar-refractivity contribution is 0.252. The van der Waals surface area contributed by atoms with Crippen molar-refractivity contribution < 1.29 is 14.1 Å². The van der Waals surface area contributed by atoms with Gasteiger partial charge in [0.15, 0.2) is 0 Å². The van der Waals surface area contributed by atoms with Gasteiger partial charge < -0.3 is 15.7 Å². The first kappa shape index (κ1) is 17.2. The topological polar surface area (TPSA) is 78.4 Å². The van der Waals surface area contributed by atoms with Crippen molar-refractivity contribution in [3.05, 3.63) is 59.7 Å². The highest BCUT2D eigenvalue weighted by atomic mass is 32.2. The van der Waals surface area contributed by atoms with Gasteiger partial charge in [-0.1, -0.05) is 30.3 Å². The predicted molar refractivity (Wildman–Crippen MR) is 91.9 cm³/mol. The van der Waals surface area contributed by atoms with E-state index in [1.807, 2.05) is 24.3 Å². The molecule has 6 heteroatoms. The normalized spacial score (nSPS) is 11.7. The molecule has 23 heavy (non-hydrogen) atoms. The van der Waals surface area contributed by atoms with Gasteiger partial charge in [0.1, 0.15) is 0 Å². The first-order chi connectivity index (χ1) is 11.1. The minimum atomic E-state index is -1.08. The highest BCUT2D eigenvalue weighted by Crippen LogP contribution is 2.13. The molecule has 122 valence electrons. The van der Waals surface area contributed by atoms with E-state index in [1.165, 1.54) is 0 Å². The van der Waals surface area contributed by atoms with E-state index in [4.69, 9.17) is 5.11 Å². The van der Waals surface area contributed by atoms with E-state index in [0.29, 0.717) is 23.5 Å². The highest BCUT2D eigenvalue weighted by molar-refractivity contribution is 7.84. The van der Waals surface area contributed by atoms with Crippen molar-refractivity contribution in [2.24, 2.45) is 0 Å². The zero-order chi connectivity index (χ0) is 16.7. The van der Waals surface area contributed by atoms with Crippen molar-refractivity contribution in [3.63, 3.8) is 0 Å². The number of urea groups is 1. The Bertz CT molecular complexity index is 686. The SMILES string of the molecule is CS(=O)c1cccc(NC(=O)NCCc2ccc(CO)cc2)c1. The number of rotatable bonds is 6. The smallest absolute Gasteiger partial charge is 0.319 e. The maximum Gasteiger partial charge on any atom is 0.319 e. The standard InChI is InChI=1S/C17H20N2O3S/c1-23(22)16-4-2-3-15(11-16)19-17(21)18-10-9-13-5-7-14(12-20)8-6-13/h2-8,11,20H,9-10,12H2,1H3,(H2,18,19,21). The second-order valence-electron chi connectivity index (χ2n) is 5.09. The number of benzene rings is 2. The van der Waals surface area contributed by atoms with Crippen LogP contribution in [0.25, 0.3) is 0 Å². The first-order valence-corrected chi connectivity index (χ1v) is 8.81. The fourth-order valence-corrected chi connectivity index (χ4v) is 2.62. The molecule has 1 atom stereocenters. The third-order valence-corrected chi connectivity index (χ3v) is 4.25. The lowest BCUT2D eigenvalue weighted by atomic mass is 10.1. The molecule has 5 nitrogen and oxygen atoms in total. The molecule has 2 rings (SSSR count). The lowest BCUT2D eigenvalue weighted by Gasteiger charge is -2.09. The molecule has 0 aliphatic carbocycles. The Hall–Kier alpha value is -2.18. The Labute approximate surface area is 138 Å². The van der Waals surface area contributed by atoms with E-state index in [-0.39, 0.29) is 12.6 Å². The van der Waals surface area contributed by atoms with E-state index < -0.39 is 10.8 Å². The first-order valence-electron chi connectivity index (χ1n) is 7.25. The van der Waals surface area contributed by atoms with Crippen LogP contribution < -0.4 is 10.6 Å². The summed E-state index contributed by atoms with van der Waals surface area (Å²) < 4.78 is 11.4. The molecular formula is C17H20N2O3S. The van der Waals surface area contributed by atoms with Crippen LogP contribution in [0, 0.1) is 0 Å². The van der Waals surface area contributed by atoms with Crippen LogP contribution in [-0.4, -0.2) is 28.1 Å². The number of anilines is 1. The average Bonchev–Trinajstić information content (AvgIpc) is 2.55. The molecule has 2 aromatic rings. The summed E-state index contributed by atoms with van der Waals surface area (Å²) in [6, 6.07) is 14.3. The van der Waals surface area contributed by atoms with Gasteiger partial charge in [-0.3, -0.25) is 4.21 Å². The van der Waals surface area contributed by atoms with E-state index in [0.717, 1.165) is 11.1 Å². The fraction of sp³-hybridized carbons (Fsp3) is 0.235. The summed E-state index contributed by atoms with van der Waals surface area (Å²) in [4.78, 5) is 12.5. The Morgan fingerprint density at radius 1 is 1.13 bits per heavy atom. The monoisotopic (exact) mass is 332 g/mol. The van der Waals surface area contributed by atoms with Gasteiger partial charge in [0, 0.05) is 34.2 Å². The van der Waals surface area contributed by atoms with E-state index in [9.17, 15) is 9.00 Å². The summed E-state index contributed by atoms with van der Waals surface area (Å²) in [7, 11) is -1.08. The number of amides is 2. The van der Waals surface area contributed by atoms with Crippen molar-refractivity contribution in [3.8, 4) is 0 Å². The van der Waals surface area contributed by atoms with Crippen LogP contribution in [0.1, 0.15) is 11.1 Å². The molecule has 0 aliphatic heterocycles. The largest absolute Gasteiger partial charge is 0.392 e. The highest BCUT2D eigenvalue weighted by Gasteiger charge is 2.04. The van der Waals surface area contributed by atoms with Gasteiger partial charge in [-0.25, -0.2) is 4.79 Å². The summed E-state index contributed by atoms with van der Waals surface area (Å²) in [6.45, 7) is 0.534. The van der Waals surface area contributed by atoms with Crippen molar-refractivity contribution in [2.45, 2.75) is 17.9 Å². The van der Waals surface area contributed by atoms with Gasteiger partial charge in [-0.15, -0.1) is 0 Å². The molecule has 0 aliphatic rings. The second-order valence-corrected chi connectivity index (χ2v) is 6.47. The number of hydrogen-bond acceptors (Lipinski definition) is 3. The van der Waals surface area contributed by atoms with Gasteiger partial charge in [0.05, 0.1) is 6.61 Å². The van der Waals surface area contributed by atoms with Crippen LogP contribution in [0.2, 0.25) is 0 Å². The van der Waals surface area contributed by atoms with Crippen LogP contribution in [0.4, 0.5) is 10.5 Å². The quantitative estimate of drug-likeness (QED) is 0.759. The number of carbonyl (C=O) groups excluding carboxylic acids is 1. The van der Waals surface area contributed by atoms with Gasteiger partial charge in [-0.05, 0) is 35.7 Å². The van der Waals surface area contributed by atoms with Crippen LogP contribution in [0.5, 0.6) is 0 Å². The Morgan fingerprint density at radius 3 is 2.48 bits per heavy atom. The molecule has 0 aromatic heterocycles. The minimum absolute atomic E-state index is 0.0303. The summed E-state index contributed by atoms with van der Waals surface area (Å²) in [6.07, 6.45) is 2.30. The van der Waals surface area contributed by atoms with Crippen LogP contribution in [0.3, 0.4) is 0 Å².